The van der Waals surface area contributed by atoms with Crippen LogP contribution in [-0.4, -0.2) is 24.5 Å². The van der Waals surface area contributed by atoms with Gasteiger partial charge >= 0.3 is 0 Å². The Morgan fingerprint density at radius 2 is 1.82 bits per heavy atom. The Kier molecular flexibility index (Phi) is 4.96. The lowest BCUT2D eigenvalue weighted by atomic mass is 10.1. The quantitative estimate of drug-likeness (QED) is 0.376. The van der Waals surface area contributed by atoms with E-state index in [1.807, 2.05) is 36.9 Å². The highest BCUT2D eigenvalue weighted by atomic mass is 15.1. The fourth-order valence-electron chi connectivity index (χ4n) is 4.14. The van der Waals surface area contributed by atoms with Crippen molar-refractivity contribution in [2.75, 3.05) is 5.32 Å². The SMILES string of the molecule is N#Cc1ccnc(Nc2cc(C3CC3)cc(-c3ccc4ncn(Cc5ccncc5)c4c3)n2)c1. The van der Waals surface area contributed by atoms with Gasteiger partial charge in [0.15, 0.2) is 0 Å². The zero-order chi connectivity index (χ0) is 22.9. The maximum Gasteiger partial charge on any atom is 0.132 e. The van der Waals surface area contributed by atoms with E-state index in [1.165, 1.54) is 24.0 Å². The highest BCUT2D eigenvalue weighted by Gasteiger charge is 2.25. The summed E-state index contributed by atoms with van der Waals surface area (Å²) in [5, 5.41) is 12.5. The molecular formula is C27H21N7. The maximum atomic E-state index is 9.20. The third-order valence-corrected chi connectivity index (χ3v) is 6.06. The molecular weight excluding hydrogens is 422 g/mol. The molecule has 0 bridgehead atoms. The van der Waals surface area contributed by atoms with E-state index in [-0.39, 0.29) is 0 Å². The maximum absolute atomic E-state index is 9.20. The molecule has 5 aromatic rings. The van der Waals surface area contributed by atoms with E-state index < -0.39 is 0 Å². The Hall–Kier alpha value is -4.57. The molecule has 1 aromatic carbocycles. The Morgan fingerprint density at radius 3 is 2.65 bits per heavy atom. The summed E-state index contributed by atoms with van der Waals surface area (Å²) in [6, 6.07) is 20.2. The van der Waals surface area contributed by atoms with Gasteiger partial charge in [0.05, 0.1) is 34.7 Å². The molecule has 1 fully saturated rings. The first-order valence-corrected chi connectivity index (χ1v) is 11.2. The lowest BCUT2D eigenvalue weighted by Gasteiger charge is -2.11. The van der Waals surface area contributed by atoms with Crippen LogP contribution in [0.2, 0.25) is 0 Å². The van der Waals surface area contributed by atoms with Crippen LogP contribution in [0.5, 0.6) is 0 Å². The fraction of sp³-hybridized carbons (Fsp3) is 0.148. The van der Waals surface area contributed by atoms with E-state index in [4.69, 9.17) is 4.98 Å². The summed E-state index contributed by atoms with van der Waals surface area (Å²) in [6.45, 7) is 0.728. The number of nitriles is 1. The lowest BCUT2D eigenvalue weighted by Crippen LogP contribution is -2.00. The molecule has 1 aliphatic rings. The Bertz CT molecular complexity index is 1530. The van der Waals surface area contributed by atoms with E-state index in [0.29, 0.717) is 17.3 Å². The van der Waals surface area contributed by atoms with E-state index in [0.717, 1.165) is 34.7 Å². The van der Waals surface area contributed by atoms with Crippen molar-refractivity contribution in [1.82, 2.24) is 24.5 Å². The Balaban J connectivity index is 1.38. The summed E-state index contributed by atoms with van der Waals surface area (Å²) in [5.41, 5.74) is 6.96. The van der Waals surface area contributed by atoms with Crippen LogP contribution in [0.4, 0.5) is 11.6 Å². The van der Waals surface area contributed by atoms with E-state index in [9.17, 15) is 5.26 Å². The molecule has 4 aromatic heterocycles. The number of anilines is 2. The smallest absolute Gasteiger partial charge is 0.132 e. The van der Waals surface area contributed by atoms with Crippen molar-refractivity contribution >= 4 is 22.7 Å². The molecule has 0 radical (unpaired) electrons. The summed E-state index contributed by atoms with van der Waals surface area (Å²) >= 11 is 0. The second-order valence-electron chi connectivity index (χ2n) is 8.54. The molecule has 0 unspecified atom stereocenters. The third-order valence-electron chi connectivity index (χ3n) is 6.06. The summed E-state index contributed by atoms with van der Waals surface area (Å²) in [6.07, 6.45) is 9.52. The van der Waals surface area contributed by atoms with Gasteiger partial charge in [0.25, 0.3) is 0 Å². The van der Waals surface area contributed by atoms with E-state index >= 15 is 0 Å². The number of rotatable bonds is 6. The van der Waals surface area contributed by atoms with Gasteiger partial charge in [-0.3, -0.25) is 4.98 Å². The molecule has 7 nitrogen and oxygen atoms in total. The van der Waals surface area contributed by atoms with Gasteiger partial charge in [0.2, 0.25) is 0 Å². The van der Waals surface area contributed by atoms with Crippen LogP contribution in [0.25, 0.3) is 22.3 Å². The number of nitrogens with one attached hydrogen (secondary N) is 1. The van der Waals surface area contributed by atoms with E-state index in [2.05, 4.69) is 55.2 Å². The molecule has 7 heteroatoms. The number of nitrogens with zero attached hydrogens (tertiary/aromatic N) is 6. The third kappa shape index (κ3) is 4.09. The van der Waals surface area contributed by atoms with Crippen molar-refractivity contribution in [1.29, 1.82) is 5.26 Å². The number of hydrogen-bond acceptors (Lipinski definition) is 6. The first-order valence-electron chi connectivity index (χ1n) is 11.2. The van der Waals surface area contributed by atoms with Crippen molar-refractivity contribution in [2.24, 2.45) is 0 Å². The van der Waals surface area contributed by atoms with Gasteiger partial charge in [0, 0.05) is 30.7 Å². The van der Waals surface area contributed by atoms with Gasteiger partial charge < -0.3 is 9.88 Å². The van der Waals surface area contributed by atoms with Crippen molar-refractivity contribution in [2.45, 2.75) is 25.3 Å². The second kappa shape index (κ2) is 8.41. The average Bonchev–Trinajstić information content (AvgIpc) is 3.66. The van der Waals surface area contributed by atoms with Crippen molar-refractivity contribution in [3.05, 3.63) is 96.2 Å². The minimum atomic E-state index is 0.559. The van der Waals surface area contributed by atoms with Crippen LogP contribution in [0, 0.1) is 11.3 Å². The summed E-state index contributed by atoms with van der Waals surface area (Å²) in [4.78, 5) is 17.9. The van der Waals surface area contributed by atoms with Crippen LogP contribution >= 0.6 is 0 Å². The van der Waals surface area contributed by atoms with Crippen LogP contribution in [0.1, 0.15) is 35.4 Å². The van der Waals surface area contributed by atoms with Crippen LogP contribution < -0.4 is 5.32 Å². The monoisotopic (exact) mass is 443 g/mol. The normalized spacial score (nSPS) is 13.0. The van der Waals surface area contributed by atoms with Crippen LogP contribution in [0.3, 0.4) is 0 Å². The predicted molar refractivity (Wildman–Crippen MR) is 131 cm³/mol. The van der Waals surface area contributed by atoms with Crippen molar-refractivity contribution in [3.8, 4) is 17.3 Å². The van der Waals surface area contributed by atoms with Crippen LogP contribution in [-0.2, 0) is 6.54 Å². The van der Waals surface area contributed by atoms with E-state index in [1.54, 1.807) is 18.3 Å². The number of imidazole rings is 1. The topological polar surface area (TPSA) is 92.3 Å². The molecule has 6 rings (SSSR count). The molecule has 164 valence electrons. The molecule has 4 heterocycles. The average molecular weight is 444 g/mol. The van der Waals surface area contributed by atoms with Crippen molar-refractivity contribution < 1.29 is 0 Å². The van der Waals surface area contributed by atoms with Gasteiger partial charge in [-0.05, 0) is 78.4 Å². The molecule has 0 amide bonds. The molecule has 1 aliphatic carbocycles. The minimum absolute atomic E-state index is 0.559. The first kappa shape index (κ1) is 20.1. The molecule has 34 heavy (non-hydrogen) atoms. The molecule has 0 saturated heterocycles. The lowest BCUT2D eigenvalue weighted by molar-refractivity contribution is 0.822. The fourth-order valence-corrected chi connectivity index (χ4v) is 4.14. The molecule has 1 saturated carbocycles. The van der Waals surface area contributed by atoms with Gasteiger partial charge in [-0.15, -0.1) is 0 Å². The van der Waals surface area contributed by atoms with Gasteiger partial charge in [-0.25, -0.2) is 15.0 Å². The second-order valence-corrected chi connectivity index (χ2v) is 8.54. The number of aromatic nitrogens is 5. The molecule has 0 aliphatic heterocycles. The zero-order valence-electron chi connectivity index (χ0n) is 18.4. The van der Waals surface area contributed by atoms with Gasteiger partial charge in [-0.2, -0.15) is 5.26 Å². The number of hydrogen-bond donors (Lipinski definition) is 1. The van der Waals surface area contributed by atoms with Crippen LogP contribution in [0.15, 0.2) is 79.5 Å². The van der Waals surface area contributed by atoms with Crippen molar-refractivity contribution in [3.63, 3.8) is 0 Å². The Morgan fingerprint density at radius 1 is 0.941 bits per heavy atom. The van der Waals surface area contributed by atoms with Gasteiger partial charge in [0.1, 0.15) is 11.6 Å². The Labute approximate surface area is 196 Å². The minimum Gasteiger partial charge on any atom is -0.326 e. The number of benzene rings is 1. The summed E-state index contributed by atoms with van der Waals surface area (Å²) < 4.78 is 2.15. The number of pyridine rings is 3. The zero-order valence-corrected chi connectivity index (χ0v) is 18.4. The first-order chi connectivity index (χ1) is 16.7. The predicted octanol–water partition coefficient (Wildman–Crippen LogP) is 5.43. The standard InChI is InChI=1S/C27H21N7/c28-15-19-7-10-30-26(11-19)33-27-14-22(20-1-2-20)12-24(32-27)21-3-4-23-25(13-21)34(17-31-23)16-18-5-8-29-9-6-18/h3-14,17,20H,1-2,16H2,(H,30,32,33). The number of fused-ring (bicyclic) bond motifs is 1. The molecule has 1 N–H and O–H groups in total. The highest BCUT2D eigenvalue weighted by Crippen LogP contribution is 2.42. The van der Waals surface area contributed by atoms with Gasteiger partial charge in [-0.1, -0.05) is 6.07 Å². The summed E-state index contributed by atoms with van der Waals surface area (Å²) in [7, 11) is 0. The highest BCUT2D eigenvalue weighted by molar-refractivity contribution is 5.82. The largest absolute Gasteiger partial charge is 0.326 e. The summed E-state index contributed by atoms with van der Waals surface area (Å²) in [5.74, 6) is 1.91. The molecule has 0 spiro atoms. The molecule has 0 atom stereocenters.